The van der Waals surface area contributed by atoms with E-state index < -0.39 is 0 Å². The highest BCUT2D eigenvalue weighted by Crippen LogP contribution is 2.09. The van der Waals surface area contributed by atoms with Crippen LogP contribution in [0.5, 0.6) is 0 Å². The quantitative estimate of drug-likeness (QED) is 0.787. The van der Waals surface area contributed by atoms with Gasteiger partial charge in [-0.05, 0) is 20.8 Å². The number of hydrogen-bond donors (Lipinski definition) is 1. The van der Waals surface area contributed by atoms with E-state index in [1.54, 1.807) is 6.33 Å². The first-order chi connectivity index (χ1) is 7.96. The molecule has 0 spiro atoms. The van der Waals surface area contributed by atoms with Crippen LogP contribution in [0.4, 0.5) is 0 Å². The van der Waals surface area contributed by atoms with Gasteiger partial charge in [-0.25, -0.2) is 0 Å². The van der Waals surface area contributed by atoms with Crippen molar-refractivity contribution in [1.29, 1.82) is 0 Å². The van der Waals surface area contributed by atoms with Gasteiger partial charge in [0.05, 0.1) is 13.1 Å². The maximum absolute atomic E-state index is 12.0. The zero-order valence-corrected chi connectivity index (χ0v) is 10.6. The Bertz CT molecular complexity index is 406. The molecule has 0 saturated carbocycles. The maximum atomic E-state index is 12.0. The highest BCUT2D eigenvalue weighted by molar-refractivity contribution is 5.78. The molecule has 1 aliphatic rings. The van der Waals surface area contributed by atoms with Crippen LogP contribution >= 0.6 is 0 Å². The van der Waals surface area contributed by atoms with E-state index in [1.807, 2.05) is 30.2 Å². The summed E-state index contributed by atoms with van der Waals surface area (Å²) < 4.78 is 1.99. The Morgan fingerprint density at radius 3 is 2.94 bits per heavy atom. The third kappa shape index (κ3) is 3.03. The van der Waals surface area contributed by atoms with Gasteiger partial charge >= 0.3 is 0 Å². The Labute approximate surface area is 101 Å². The number of rotatable bonds is 2. The normalized spacial score (nSPS) is 15.8. The molecule has 1 aromatic rings. The molecule has 1 N–H and O–H groups in total. The van der Waals surface area contributed by atoms with Crippen molar-refractivity contribution in [3.05, 3.63) is 12.2 Å². The van der Waals surface area contributed by atoms with Crippen LogP contribution in [0, 0.1) is 0 Å². The summed E-state index contributed by atoms with van der Waals surface area (Å²) in [6.07, 6.45) is 1.71. The first-order valence-corrected chi connectivity index (χ1v) is 5.85. The Morgan fingerprint density at radius 2 is 2.24 bits per heavy atom. The lowest BCUT2D eigenvalue weighted by atomic mass is 10.1. The van der Waals surface area contributed by atoms with Crippen LogP contribution < -0.4 is 5.32 Å². The van der Waals surface area contributed by atoms with Crippen molar-refractivity contribution >= 4 is 5.91 Å². The van der Waals surface area contributed by atoms with E-state index in [1.165, 1.54) is 0 Å². The minimum absolute atomic E-state index is 0.0362. The summed E-state index contributed by atoms with van der Waals surface area (Å²) in [4.78, 5) is 13.8. The third-order valence-corrected chi connectivity index (χ3v) is 2.76. The second-order valence-corrected chi connectivity index (χ2v) is 5.36. The Balaban J connectivity index is 1.90. The number of aromatic nitrogens is 3. The van der Waals surface area contributed by atoms with Crippen LogP contribution in [0.25, 0.3) is 0 Å². The molecule has 0 unspecified atom stereocenters. The summed E-state index contributed by atoms with van der Waals surface area (Å²) in [5, 5.41) is 11.0. The average Bonchev–Trinajstić information content (AvgIpc) is 2.71. The lowest BCUT2D eigenvalue weighted by Gasteiger charge is -2.29. The van der Waals surface area contributed by atoms with Crippen LogP contribution in [-0.4, -0.2) is 44.2 Å². The van der Waals surface area contributed by atoms with Crippen LogP contribution in [0.15, 0.2) is 6.33 Å². The summed E-state index contributed by atoms with van der Waals surface area (Å²) in [5.41, 5.74) is -0.0362. The standard InChI is InChI=1S/C11H19N5O/c1-11(2,3)12-6-10(17)15-4-5-16-8-13-14-9(16)7-15/h8,12H,4-7H2,1-3H3. The molecule has 17 heavy (non-hydrogen) atoms. The fraction of sp³-hybridized carbons (Fsp3) is 0.727. The van der Waals surface area contributed by atoms with Gasteiger partial charge in [0.15, 0.2) is 5.82 Å². The Morgan fingerprint density at radius 1 is 1.47 bits per heavy atom. The topological polar surface area (TPSA) is 63.1 Å². The number of nitrogens with one attached hydrogen (secondary N) is 1. The van der Waals surface area contributed by atoms with Crippen molar-refractivity contribution in [3.8, 4) is 0 Å². The zero-order valence-electron chi connectivity index (χ0n) is 10.6. The minimum atomic E-state index is -0.0362. The van der Waals surface area contributed by atoms with Crippen molar-refractivity contribution in [2.45, 2.75) is 39.4 Å². The Kier molecular flexibility index (Phi) is 3.15. The molecule has 0 aromatic carbocycles. The highest BCUT2D eigenvalue weighted by Gasteiger charge is 2.22. The fourth-order valence-electron chi connectivity index (χ4n) is 1.73. The van der Waals surface area contributed by atoms with E-state index in [2.05, 4.69) is 15.5 Å². The molecule has 6 heteroatoms. The van der Waals surface area contributed by atoms with Gasteiger partial charge in [0, 0.05) is 18.6 Å². The fourth-order valence-corrected chi connectivity index (χ4v) is 1.73. The molecule has 0 atom stereocenters. The second-order valence-electron chi connectivity index (χ2n) is 5.36. The van der Waals surface area contributed by atoms with Gasteiger partial charge < -0.3 is 14.8 Å². The summed E-state index contributed by atoms with van der Waals surface area (Å²) in [6.45, 7) is 8.59. The smallest absolute Gasteiger partial charge is 0.237 e. The molecule has 0 saturated heterocycles. The maximum Gasteiger partial charge on any atom is 0.237 e. The van der Waals surface area contributed by atoms with Gasteiger partial charge in [-0.2, -0.15) is 0 Å². The average molecular weight is 237 g/mol. The lowest BCUT2D eigenvalue weighted by molar-refractivity contribution is -0.132. The largest absolute Gasteiger partial charge is 0.332 e. The van der Waals surface area contributed by atoms with E-state index in [9.17, 15) is 4.79 Å². The van der Waals surface area contributed by atoms with E-state index in [0.717, 1.165) is 18.9 Å². The van der Waals surface area contributed by atoms with E-state index in [-0.39, 0.29) is 11.4 Å². The minimum Gasteiger partial charge on any atom is -0.332 e. The van der Waals surface area contributed by atoms with Crippen LogP contribution in [0.3, 0.4) is 0 Å². The van der Waals surface area contributed by atoms with Crippen molar-refractivity contribution < 1.29 is 4.79 Å². The van der Waals surface area contributed by atoms with Gasteiger partial charge in [-0.3, -0.25) is 4.79 Å². The number of carbonyl (C=O) groups excluding carboxylic acids is 1. The van der Waals surface area contributed by atoms with Crippen LogP contribution in [0.1, 0.15) is 26.6 Å². The summed E-state index contributed by atoms with van der Waals surface area (Å²) in [6, 6.07) is 0. The predicted octanol–water partition coefficient (Wildman–Crippen LogP) is 0.00840. The monoisotopic (exact) mass is 237 g/mol. The number of nitrogens with zero attached hydrogens (tertiary/aromatic N) is 4. The van der Waals surface area contributed by atoms with E-state index >= 15 is 0 Å². The molecular weight excluding hydrogens is 218 g/mol. The van der Waals surface area contributed by atoms with E-state index in [0.29, 0.717) is 13.1 Å². The third-order valence-electron chi connectivity index (χ3n) is 2.76. The molecule has 0 aliphatic carbocycles. The first kappa shape index (κ1) is 12.0. The number of fused-ring (bicyclic) bond motifs is 1. The molecule has 1 aromatic heterocycles. The molecule has 0 fully saturated rings. The van der Waals surface area contributed by atoms with Gasteiger partial charge in [0.2, 0.25) is 5.91 Å². The molecule has 2 rings (SSSR count). The Hall–Kier alpha value is -1.43. The SMILES string of the molecule is CC(C)(C)NCC(=O)N1CCn2cnnc2C1. The molecule has 2 heterocycles. The summed E-state index contributed by atoms with van der Waals surface area (Å²) in [7, 11) is 0. The second kappa shape index (κ2) is 4.44. The van der Waals surface area contributed by atoms with Crippen molar-refractivity contribution in [2.24, 2.45) is 0 Å². The number of amides is 1. The number of hydrogen-bond acceptors (Lipinski definition) is 4. The summed E-state index contributed by atoms with van der Waals surface area (Å²) >= 11 is 0. The van der Waals surface area contributed by atoms with Crippen LogP contribution in [0.2, 0.25) is 0 Å². The van der Waals surface area contributed by atoms with E-state index in [4.69, 9.17) is 0 Å². The van der Waals surface area contributed by atoms with Crippen molar-refractivity contribution in [2.75, 3.05) is 13.1 Å². The molecule has 0 bridgehead atoms. The van der Waals surface area contributed by atoms with Gasteiger partial charge in [0.1, 0.15) is 6.33 Å². The molecule has 1 amide bonds. The predicted molar refractivity (Wildman–Crippen MR) is 63.2 cm³/mol. The molecule has 0 radical (unpaired) electrons. The molecule has 6 nitrogen and oxygen atoms in total. The molecule has 1 aliphatic heterocycles. The van der Waals surface area contributed by atoms with Gasteiger partial charge in [-0.1, -0.05) is 0 Å². The highest BCUT2D eigenvalue weighted by atomic mass is 16.2. The first-order valence-electron chi connectivity index (χ1n) is 5.85. The van der Waals surface area contributed by atoms with Crippen molar-refractivity contribution in [3.63, 3.8) is 0 Å². The van der Waals surface area contributed by atoms with Crippen LogP contribution in [-0.2, 0) is 17.9 Å². The lowest BCUT2D eigenvalue weighted by Crippen LogP contribution is -2.47. The number of carbonyl (C=O) groups is 1. The summed E-state index contributed by atoms with van der Waals surface area (Å²) in [5.74, 6) is 0.981. The van der Waals surface area contributed by atoms with Crippen molar-refractivity contribution in [1.82, 2.24) is 25.0 Å². The molecular formula is C11H19N5O. The van der Waals surface area contributed by atoms with Gasteiger partial charge in [0.25, 0.3) is 0 Å². The van der Waals surface area contributed by atoms with Gasteiger partial charge in [-0.15, -0.1) is 10.2 Å². The zero-order chi connectivity index (χ0) is 12.5. The molecule has 94 valence electrons.